The largest absolute Gasteiger partial charge is 0.399 e. The number of nitrogens with one attached hydrogen (secondary N) is 1. The van der Waals surface area contributed by atoms with Crippen molar-refractivity contribution in [2.45, 2.75) is 44.6 Å². The highest BCUT2D eigenvalue weighted by atomic mass is 32.2. The highest BCUT2D eigenvalue weighted by molar-refractivity contribution is 7.92. The number of carbonyl (C=O) groups excluding carboxylic acids is 1. The molecule has 1 aromatic rings. The quantitative estimate of drug-likeness (QED) is 0.809. The minimum absolute atomic E-state index is 0.149. The maximum absolute atomic E-state index is 12.2. The number of anilines is 1. The fourth-order valence-electron chi connectivity index (χ4n) is 1.77. The summed E-state index contributed by atoms with van der Waals surface area (Å²) >= 11 is 0. The molecule has 0 atom stereocenters. The topological polar surface area (TPSA) is 89.3 Å². The Labute approximate surface area is 120 Å². The van der Waals surface area contributed by atoms with Gasteiger partial charge in [-0.1, -0.05) is 6.92 Å². The van der Waals surface area contributed by atoms with Crippen LogP contribution in [0.25, 0.3) is 0 Å². The number of hydrogen-bond donors (Lipinski definition) is 2. The molecule has 0 bridgehead atoms. The van der Waals surface area contributed by atoms with Crippen LogP contribution < -0.4 is 11.1 Å². The number of sulfone groups is 1. The van der Waals surface area contributed by atoms with Gasteiger partial charge in [-0.3, -0.25) is 4.79 Å². The zero-order valence-corrected chi connectivity index (χ0v) is 13.2. The second kappa shape index (κ2) is 5.83. The van der Waals surface area contributed by atoms with E-state index >= 15 is 0 Å². The second-order valence-corrected chi connectivity index (χ2v) is 7.53. The van der Waals surface area contributed by atoms with Gasteiger partial charge in [0.05, 0.1) is 4.90 Å². The third-order valence-electron chi connectivity index (χ3n) is 3.22. The average Bonchev–Trinajstić information content (AvgIpc) is 2.26. The van der Waals surface area contributed by atoms with Gasteiger partial charge in [0.15, 0.2) is 9.84 Å². The Balaban J connectivity index is 2.93. The zero-order valence-electron chi connectivity index (χ0n) is 12.4. The molecule has 6 heteroatoms. The van der Waals surface area contributed by atoms with Gasteiger partial charge < -0.3 is 11.1 Å². The van der Waals surface area contributed by atoms with Crippen molar-refractivity contribution in [3.63, 3.8) is 0 Å². The predicted octanol–water partition coefficient (Wildman–Crippen LogP) is 1.66. The summed E-state index contributed by atoms with van der Waals surface area (Å²) in [5.74, 6) is -1.05. The van der Waals surface area contributed by atoms with E-state index in [9.17, 15) is 13.2 Å². The fourth-order valence-corrected chi connectivity index (χ4v) is 3.17. The van der Waals surface area contributed by atoms with Gasteiger partial charge in [-0.15, -0.1) is 0 Å². The van der Waals surface area contributed by atoms with Gasteiger partial charge in [-0.05, 0) is 51.0 Å². The van der Waals surface area contributed by atoms with Crippen LogP contribution in [0, 0.1) is 6.92 Å². The molecule has 5 nitrogen and oxygen atoms in total. The van der Waals surface area contributed by atoms with Crippen LogP contribution >= 0.6 is 0 Å². The molecule has 0 aliphatic heterocycles. The van der Waals surface area contributed by atoms with Crippen LogP contribution in [-0.4, -0.2) is 25.6 Å². The van der Waals surface area contributed by atoms with E-state index in [1.165, 1.54) is 12.1 Å². The Morgan fingerprint density at radius 1 is 1.35 bits per heavy atom. The van der Waals surface area contributed by atoms with Crippen molar-refractivity contribution in [3.05, 3.63) is 23.8 Å². The molecular weight excluding hydrogens is 276 g/mol. The lowest BCUT2D eigenvalue weighted by Gasteiger charge is -2.24. The Hall–Kier alpha value is -1.56. The minimum Gasteiger partial charge on any atom is -0.399 e. The molecule has 0 saturated carbocycles. The number of nitrogens with two attached hydrogens (primary N) is 1. The van der Waals surface area contributed by atoms with Crippen molar-refractivity contribution >= 4 is 21.4 Å². The summed E-state index contributed by atoms with van der Waals surface area (Å²) in [5.41, 5.74) is 6.23. The van der Waals surface area contributed by atoms with E-state index in [1.807, 2.05) is 20.8 Å². The fraction of sp³-hybridized carbons (Fsp3) is 0.500. The molecule has 0 spiro atoms. The van der Waals surface area contributed by atoms with Crippen LogP contribution in [0.15, 0.2) is 23.1 Å². The number of rotatable bonds is 5. The summed E-state index contributed by atoms with van der Waals surface area (Å²) in [4.78, 5) is 12.0. The first-order valence-electron chi connectivity index (χ1n) is 6.47. The van der Waals surface area contributed by atoms with E-state index in [0.29, 0.717) is 11.3 Å². The van der Waals surface area contributed by atoms with Gasteiger partial charge in [0.2, 0.25) is 5.91 Å². The molecule has 0 aliphatic carbocycles. The van der Waals surface area contributed by atoms with Gasteiger partial charge >= 0.3 is 0 Å². The summed E-state index contributed by atoms with van der Waals surface area (Å²) in [6, 6.07) is 4.55. The molecule has 0 unspecified atom stereocenters. The van der Waals surface area contributed by atoms with Crippen molar-refractivity contribution in [1.82, 2.24) is 5.32 Å². The summed E-state index contributed by atoms with van der Waals surface area (Å²) < 4.78 is 24.5. The van der Waals surface area contributed by atoms with E-state index in [0.717, 1.165) is 6.42 Å². The maximum Gasteiger partial charge on any atom is 0.235 e. The Bertz CT molecular complexity index is 607. The minimum atomic E-state index is -3.66. The van der Waals surface area contributed by atoms with Crippen LogP contribution in [0.2, 0.25) is 0 Å². The molecule has 20 heavy (non-hydrogen) atoms. The summed E-state index contributed by atoms with van der Waals surface area (Å²) in [5, 5.41) is 2.72. The first kappa shape index (κ1) is 16.5. The molecule has 0 aliphatic rings. The molecule has 0 saturated heterocycles. The highest BCUT2D eigenvalue weighted by Crippen LogP contribution is 2.19. The van der Waals surface area contributed by atoms with Gasteiger partial charge in [-0.25, -0.2) is 8.42 Å². The number of hydrogen-bond acceptors (Lipinski definition) is 4. The monoisotopic (exact) mass is 298 g/mol. The van der Waals surface area contributed by atoms with E-state index < -0.39 is 27.0 Å². The molecule has 1 rings (SSSR count). The van der Waals surface area contributed by atoms with Crippen LogP contribution in [0.5, 0.6) is 0 Å². The lowest BCUT2D eigenvalue weighted by Crippen LogP contribution is -2.45. The van der Waals surface area contributed by atoms with Crippen molar-refractivity contribution in [1.29, 1.82) is 0 Å². The molecule has 0 heterocycles. The van der Waals surface area contributed by atoms with Gasteiger partial charge in [0, 0.05) is 11.2 Å². The molecule has 112 valence electrons. The van der Waals surface area contributed by atoms with Crippen molar-refractivity contribution in [3.8, 4) is 0 Å². The van der Waals surface area contributed by atoms with E-state index in [-0.39, 0.29) is 4.90 Å². The number of amides is 1. The van der Waals surface area contributed by atoms with Crippen LogP contribution in [0.3, 0.4) is 0 Å². The SMILES string of the molecule is CCC(C)(C)NC(=O)CS(=O)(=O)c1ccc(N)cc1C. The lowest BCUT2D eigenvalue weighted by molar-refractivity contribution is -0.120. The third-order valence-corrected chi connectivity index (χ3v) is 4.99. The Kier molecular flexibility index (Phi) is 4.81. The maximum atomic E-state index is 12.2. The highest BCUT2D eigenvalue weighted by Gasteiger charge is 2.25. The molecule has 3 N–H and O–H groups in total. The standard InChI is InChI=1S/C14H22N2O3S/c1-5-14(3,4)16-13(17)9-20(18,19)12-7-6-11(15)8-10(12)2/h6-8H,5,9,15H2,1-4H3,(H,16,17). The first-order chi connectivity index (χ1) is 9.07. The molecular formula is C14H22N2O3S. The van der Waals surface area contributed by atoms with Crippen LogP contribution in [-0.2, 0) is 14.6 Å². The molecule has 0 aromatic heterocycles. The van der Waals surface area contributed by atoms with Gasteiger partial charge in [0.1, 0.15) is 5.75 Å². The molecule has 1 amide bonds. The van der Waals surface area contributed by atoms with Crippen molar-refractivity contribution in [2.75, 3.05) is 11.5 Å². The Morgan fingerprint density at radius 3 is 2.45 bits per heavy atom. The number of benzene rings is 1. The smallest absolute Gasteiger partial charge is 0.235 e. The first-order valence-corrected chi connectivity index (χ1v) is 8.12. The van der Waals surface area contributed by atoms with E-state index in [2.05, 4.69) is 5.32 Å². The lowest BCUT2D eigenvalue weighted by atomic mass is 10.0. The van der Waals surface area contributed by atoms with Crippen molar-refractivity contribution in [2.24, 2.45) is 0 Å². The molecule has 0 radical (unpaired) electrons. The van der Waals surface area contributed by atoms with Gasteiger partial charge in [-0.2, -0.15) is 0 Å². The third kappa shape index (κ3) is 4.23. The summed E-state index contributed by atoms with van der Waals surface area (Å²) in [6.07, 6.45) is 0.722. The second-order valence-electron chi connectivity index (χ2n) is 5.57. The van der Waals surface area contributed by atoms with Crippen molar-refractivity contribution < 1.29 is 13.2 Å². The normalized spacial score (nSPS) is 12.2. The number of carbonyl (C=O) groups is 1. The predicted molar refractivity (Wildman–Crippen MR) is 80.2 cm³/mol. The zero-order chi connectivity index (χ0) is 15.6. The van der Waals surface area contributed by atoms with Gasteiger partial charge in [0.25, 0.3) is 0 Å². The summed E-state index contributed by atoms with van der Waals surface area (Å²) in [7, 11) is -3.66. The average molecular weight is 298 g/mol. The van der Waals surface area contributed by atoms with E-state index in [1.54, 1.807) is 13.0 Å². The Morgan fingerprint density at radius 2 is 1.95 bits per heavy atom. The summed E-state index contributed by atoms with van der Waals surface area (Å²) in [6.45, 7) is 7.30. The van der Waals surface area contributed by atoms with E-state index in [4.69, 9.17) is 5.73 Å². The number of nitrogen functional groups attached to an aromatic ring is 1. The number of aryl methyl sites for hydroxylation is 1. The molecule has 1 aromatic carbocycles. The van der Waals surface area contributed by atoms with Crippen LogP contribution in [0.4, 0.5) is 5.69 Å². The van der Waals surface area contributed by atoms with Crippen LogP contribution in [0.1, 0.15) is 32.8 Å². The molecule has 0 fully saturated rings.